The quantitative estimate of drug-likeness (QED) is 0.783. The maximum atomic E-state index is 11.4. The number of aromatic nitrogens is 4. The number of carboxylic acid groups (broad SMARTS) is 1. The molecule has 0 aliphatic rings. The van der Waals surface area contributed by atoms with Crippen molar-refractivity contribution in [1.82, 2.24) is 19.7 Å². The second-order valence-electron chi connectivity index (χ2n) is 3.75. The summed E-state index contributed by atoms with van der Waals surface area (Å²) in [6.45, 7) is 0. The molecule has 0 atom stereocenters. The fourth-order valence-corrected chi connectivity index (χ4v) is 1.69. The van der Waals surface area contributed by atoms with Gasteiger partial charge in [-0.25, -0.2) is 19.4 Å². The van der Waals surface area contributed by atoms with Gasteiger partial charge in [-0.15, -0.1) is 0 Å². The number of carbonyl (C=O) groups is 1. The van der Waals surface area contributed by atoms with Crippen LogP contribution in [0, 0.1) is 0 Å². The van der Waals surface area contributed by atoms with Gasteiger partial charge in [-0.2, -0.15) is 10.00 Å². The minimum atomic E-state index is -1.20. The molecule has 20 heavy (non-hydrogen) atoms. The topological polar surface area (TPSA) is 97.3 Å². The second kappa shape index (κ2) is 4.84. The van der Waals surface area contributed by atoms with E-state index >= 15 is 0 Å². The lowest BCUT2D eigenvalue weighted by molar-refractivity contribution is 0.203. The van der Waals surface area contributed by atoms with E-state index in [0.717, 1.165) is 4.90 Å². The monoisotopic (exact) mass is 271 g/mol. The van der Waals surface area contributed by atoms with Crippen molar-refractivity contribution in [3.8, 4) is 5.82 Å². The predicted octanol–water partition coefficient (Wildman–Crippen LogP) is 2.07. The standard InChI is InChI=1S/C12H9N5O3/c18-12(19)17(11-3-1-6-20-11)10-7-9(13-8-14-10)16-5-2-4-15-16/h1-8H,(H,18,19). The molecule has 3 aromatic rings. The van der Waals surface area contributed by atoms with E-state index in [-0.39, 0.29) is 11.7 Å². The molecule has 1 N–H and O–H groups in total. The number of hydrogen-bond acceptors (Lipinski definition) is 5. The predicted molar refractivity (Wildman–Crippen MR) is 68.0 cm³/mol. The molecule has 0 fully saturated rings. The normalized spacial score (nSPS) is 10.4. The van der Waals surface area contributed by atoms with Crippen LogP contribution in [0.5, 0.6) is 0 Å². The Labute approximate surface area is 112 Å². The third-order valence-electron chi connectivity index (χ3n) is 2.52. The van der Waals surface area contributed by atoms with Crippen LogP contribution in [-0.4, -0.2) is 30.9 Å². The largest absolute Gasteiger partial charge is 0.464 e. The molecule has 8 heteroatoms. The van der Waals surface area contributed by atoms with E-state index in [9.17, 15) is 9.90 Å². The molecule has 0 unspecified atom stereocenters. The van der Waals surface area contributed by atoms with Crippen molar-refractivity contribution in [1.29, 1.82) is 0 Å². The maximum absolute atomic E-state index is 11.4. The van der Waals surface area contributed by atoms with Crippen molar-refractivity contribution in [3.63, 3.8) is 0 Å². The Kier molecular flexibility index (Phi) is 2.88. The third-order valence-corrected chi connectivity index (χ3v) is 2.52. The molecule has 0 aromatic carbocycles. The Hall–Kier alpha value is -3.16. The fraction of sp³-hybridized carbons (Fsp3) is 0. The Morgan fingerprint density at radius 2 is 2.25 bits per heavy atom. The highest BCUT2D eigenvalue weighted by Crippen LogP contribution is 2.24. The lowest BCUT2D eigenvalue weighted by atomic mass is 10.4. The van der Waals surface area contributed by atoms with Gasteiger partial charge in [-0.3, -0.25) is 0 Å². The minimum Gasteiger partial charge on any atom is -0.464 e. The summed E-state index contributed by atoms with van der Waals surface area (Å²) in [7, 11) is 0. The Balaban J connectivity index is 2.04. The summed E-state index contributed by atoms with van der Waals surface area (Å²) >= 11 is 0. The highest BCUT2D eigenvalue weighted by atomic mass is 16.4. The summed E-state index contributed by atoms with van der Waals surface area (Å²) in [6.07, 6.45) is 4.75. The number of amides is 1. The molecular weight excluding hydrogens is 262 g/mol. The third kappa shape index (κ3) is 2.09. The SMILES string of the molecule is O=C(O)N(c1cc(-n2cccn2)ncn1)c1ccco1. The van der Waals surface area contributed by atoms with Crippen molar-refractivity contribution in [2.45, 2.75) is 0 Å². The molecule has 0 saturated carbocycles. The first-order valence-electron chi connectivity index (χ1n) is 5.64. The van der Waals surface area contributed by atoms with Crippen molar-refractivity contribution in [3.05, 3.63) is 49.2 Å². The van der Waals surface area contributed by atoms with Crippen molar-refractivity contribution < 1.29 is 14.3 Å². The van der Waals surface area contributed by atoms with Gasteiger partial charge in [0.25, 0.3) is 0 Å². The summed E-state index contributed by atoms with van der Waals surface area (Å²) < 4.78 is 6.61. The minimum absolute atomic E-state index is 0.155. The van der Waals surface area contributed by atoms with Gasteiger partial charge in [-0.05, 0) is 12.1 Å². The van der Waals surface area contributed by atoms with Gasteiger partial charge in [-0.1, -0.05) is 0 Å². The first kappa shape index (κ1) is 11.9. The molecule has 0 saturated heterocycles. The number of furan rings is 1. The average Bonchev–Trinajstić information content (AvgIpc) is 3.12. The number of anilines is 2. The summed E-state index contributed by atoms with van der Waals surface area (Å²) in [6, 6.07) is 6.37. The van der Waals surface area contributed by atoms with E-state index in [1.807, 2.05) is 0 Å². The molecular formula is C12H9N5O3. The molecule has 0 radical (unpaired) electrons. The van der Waals surface area contributed by atoms with Crippen LogP contribution in [0.3, 0.4) is 0 Å². The molecule has 3 aromatic heterocycles. The smallest absolute Gasteiger partial charge is 0.420 e. The summed E-state index contributed by atoms with van der Waals surface area (Å²) in [4.78, 5) is 20.3. The Morgan fingerprint density at radius 3 is 2.90 bits per heavy atom. The van der Waals surface area contributed by atoms with Crippen molar-refractivity contribution in [2.24, 2.45) is 0 Å². The number of rotatable bonds is 3. The van der Waals surface area contributed by atoms with Crippen LogP contribution in [0.15, 0.2) is 53.7 Å². The van der Waals surface area contributed by atoms with Crippen LogP contribution >= 0.6 is 0 Å². The Bertz CT molecular complexity index is 709. The van der Waals surface area contributed by atoms with E-state index in [1.165, 1.54) is 29.4 Å². The van der Waals surface area contributed by atoms with Crippen LogP contribution in [-0.2, 0) is 0 Å². The van der Waals surface area contributed by atoms with E-state index in [1.54, 1.807) is 24.5 Å². The van der Waals surface area contributed by atoms with Gasteiger partial charge in [0, 0.05) is 24.5 Å². The summed E-state index contributed by atoms with van der Waals surface area (Å²) in [5, 5.41) is 13.3. The molecule has 3 heterocycles. The van der Waals surface area contributed by atoms with Gasteiger partial charge in [0.05, 0.1) is 6.26 Å². The molecule has 0 aliphatic heterocycles. The van der Waals surface area contributed by atoms with E-state index in [0.29, 0.717) is 5.82 Å². The average molecular weight is 271 g/mol. The van der Waals surface area contributed by atoms with E-state index in [4.69, 9.17) is 4.42 Å². The van der Waals surface area contributed by atoms with Gasteiger partial charge in [0.2, 0.25) is 5.88 Å². The molecule has 0 aliphatic carbocycles. The molecule has 0 spiro atoms. The van der Waals surface area contributed by atoms with E-state index in [2.05, 4.69) is 15.1 Å². The first-order valence-corrected chi connectivity index (χ1v) is 5.64. The molecule has 8 nitrogen and oxygen atoms in total. The van der Waals surface area contributed by atoms with Crippen LogP contribution < -0.4 is 4.90 Å². The lowest BCUT2D eigenvalue weighted by Gasteiger charge is -2.15. The number of nitrogens with zero attached hydrogens (tertiary/aromatic N) is 5. The summed E-state index contributed by atoms with van der Waals surface area (Å²) in [5.41, 5.74) is 0. The maximum Gasteiger partial charge on any atom is 0.420 e. The van der Waals surface area contributed by atoms with Crippen LogP contribution in [0.1, 0.15) is 0 Å². The zero-order chi connectivity index (χ0) is 13.9. The van der Waals surface area contributed by atoms with Gasteiger partial charge in [0.1, 0.15) is 6.33 Å². The van der Waals surface area contributed by atoms with Crippen molar-refractivity contribution >= 4 is 17.8 Å². The van der Waals surface area contributed by atoms with Crippen LogP contribution in [0.4, 0.5) is 16.5 Å². The summed E-state index contributed by atoms with van der Waals surface area (Å²) in [5.74, 6) is 0.786. The van der Waals surface area contributed by atoms with Gasteiger partial charge < -0.3 is 9.52 Å². The fourth-order valence-electron chi connectivity index (χ4n) is 1.69. The second-order valence-corrected chi connectivity index (χ2v) is 3.75. The molecule has 3 rings (SSSR count). The molecule has 0 bridgehead atoms. The molecule has 1 amide bonds. The van der Waals surface area contributed by atoms with Crippen LogP contribution in [0.25, 0.3) is 5.82 Å². The van der Waals surface area contributed by atoms with Gasteiger partial charge >= 0.3 is 6.09 Å². The zero-order valence-electron chi connectivity index (χ0n) is 10.1. The van der Waals surface area contributed by atoms with Crippen LogP contribution in [0.2, 0.25) is 0 Å². The van der Waals surface area contributed by atoms with E-state index < -0.39 is 6.09 Å². The highest BCUT2D eigenvalue weighted by molar-refractivity contribution is 5.92. The van der Waals surface area contributed by atoms with Gasteiger partial charge in [0.15, 0.2) is 11.6 Å². The number of hydrogen-bond donors (Lipinski definition) is 1. The zero-order valence-corrected chi connectivity index (χ0v) is 10.1. The highest BCUT2D eigenvalue weighted by Gasteiger charge is 2.21. The first-order chi connectivity index (χ1) is 9.75. The molecule has 100 valence electrons. The Morgan fingerprint density at radius 1 is 1.35 bits per heavy atom. The lowest BCUT2D eigenvalue weighted by Crippen LogP contribution is -2.24. The van der Waals surface area contributed by atoms with Crippen molar-refractivity contribution in [2.75, 3.05) is 4.90 Å².